The Morgan fingerprint density at radius 3 is 2.44 bits per heavy atom. The zero-order chi connectivity index (χ0) is 17.6. The van der Waals surface area contributed by atoms with Crippen LogP contribution in [0.4, 0.5) is 4.79 Å². The lowest BCUT2D eigenvalue weighted by Gasteiger charge is -2.07. The monoisotopic (exact) mass is 366 g/mol. The highest BCUT2D eigenvalue weighted by Gasteiger charge is 2.06. The predicted molar refractivity (Wildman–Crippen MR) is 101 cm³/mol. The summed E-state index contributed by atoms with van der Waals surface area (Å²) in [4.78, 5) is 11.7. The molecule has 2 amide bonds. The number of rotatable bonds is 0. The van der Waals surface area contributed by atoms with Crippen LogP contribution in [0, 0.1) is 0 Å². The van der Waals surface area contributed by atoms with E-state index in [2.05, 4.69) is 38.3 Å². The van der Waals surface area contributed by atoms with Gasteiger partial charge in [-0.3, -0.25) is 0 Å². The fourth-order valence-electron chi connectivity index (χ4n) is 2.62. The number of hydrogen-bond donors (Lipinski definition) is 2. The van der Waals surface area contributed by atoms with Gasteiger partial charge in [-0.15, -0.1) is 5.10 Å². The molecule has 1 aromatic rings. The SMILES string of the molecule is O=C1NCCCC/C=C\CCCCCSc2nnnn2CCCCN1. The largest absolute Gasteiger partial charge is 0.338 e. The van der Waals surface area contributed by atoms with Gasteiger partial charge in [0.05, 0.1) is 0 Å². The van der Waals surface area contributed by atoms with Crippen LogP contribution >= 0.6 is 11.8 Å². The highest BCUT2D eigenvalue weighted by molar-refractivity contribution is 7.99. The number of nitrogens with zero attached hydrogens (tertiary/aromatic N) is 4. The molecule has 0 bridgehead atoms. The van der Waals surface area contributed by atoms with E-state index < -0.39 is 0 Å². The van der Waals surface area contributed by atoms with Crippen molar-refractivity contribution in [3.8, 4) is 0 Å². The Balaban J connectivity index is 1.76. The first-order valence-corrected chi connectivity index (χ1v) is 10.4. The fraction of sp³-hybridized carbons (Fsp3) is 0.765. The van der Waals surface area contributed by atoms with Crippen LogP contribution in [-0.4, -0.2) is 45.1 Å². The summed E-state index contributed by atoms with van der Waals surface area (Å²) in [5, 5.41) is 18.7. The summed E-state index contributed by atoms with van der Waals surface area (Å²) in [5.74, 6) is 1.06. The minimum absolute atomic E-state index is 0.0694. The molecule has 2 heterocycles. The Kier molecular flexibility index (Phi) is 10.1. The van der Waals surface area contributed by atoms with E-state index in [1.165, 1.54) is 19.3 Å². The Morgan fingerprint density at radius 1 is 0.920 bits per heavy atom. The van der Waals surface area contributed by atoms with Gasteiger partial charge in [0.25, 0.3) is 0 Å². The molecule has 25 heavy (non-hydrogen) atoms. The van der Waals surface area contributed by atoms with E-state index in [9.17, 15) is 4.79 Å². The van der Waals surface area contributed by atoms with Gasteiger partial charge in [0.1, 0.15) is 0 Å². The molecule has 8 heteroatoms. The van der Waals surface area contributed by atoms with E-state index >= 15 is 0 Å². The van der Waals surface area contributed by atoms with Crippen molar-refractivity contribution in [2.45, 2.75) is 69.5 Å². The van der Waals surface area contributed by atoms with E-state index in [1.807, 2.05) is 4.68 Å². The highest BCUT2D eigenvalue weighted by Crippen LogP contribution is 2.17. The maximum absolute atomic E-state index is 11.7. The number of carbonyl (C=O) groups is 1. The number of fused-ring (bicyclic) bond motifs is 1. The van der Waals surface area contributed by atoms with Crippen LogP contribution < -0.4 is 10.6 Å². The topological polar surface area (TPSA) is 84.7 Å². The number of aryl methyl sites for hydroxylation is 1. The van der Waals surface area contributed by atoms with Crippen LogP contribution in [0.2, 0.25) is 0 Å². The normalized spacial score (nSPS) is 21.2. The molecule has 0 spiro atoms. The average molecular weight is 367 g/mol. The van der Waals surface area contributed by atoms with Gasteiger partial charge in [-0.1, -0.05) is 30.3 Å². The molecule has 7 nitrogen and oxygen atoms in total. The zero-order valence-electron chi connectivity index (χ0n) is 15.0. The lowest BCUT2D eigenvalue weighted by atomic mass is 10.1. The van der Waals surface area contributed by atoms with Crippen molar-refractivity contribution in [3.63, 3.8) is 0 Å². The summed E-state index contributed by atoms with van der Waals surface area (Å²) in [6, 6.07) is -0.0694. The third-order valence-electron chi connectivity index (χ3n) is 4.08. The summed E-state index contributed by atoms with van der Waals surface area (Å²) >= 11 is 1.74. The molecule has 1 aliphatic heterocycles. The van der Waals surface area contributed by atoms with Gasteiger partial charge in [0.15, 0.2) is 0 Å². The Hall–Kier alpha value is -1.57. The molecule has 0 saturated carbocycles. The molecule has 2 N–H and O–H groups in total. The second kappa shape index (κ2) is 12.7. The molecule has 0 aromatic carbocycles. The third kappa shape index (κ3) is 8.90. The molecule has 0 aliphatic carbocycles. The molecule has 0 atom stereocenters. The van der Waals surface area contributed by atoms with Gasteiger partial charge in [-0.2, -0.15) is 0 Å². The van der Waals surface area contributed by atoms with Crippen molar-refractivity contribution in [1.29, 1.82) is 0 Å². The van der Waals surface area contributed by atoms with Gasteiger partial charge in [-0.05, 0) is 61.8 Å². The second-order valence-electron chi connectivity index (χ2n) is 6.24. The molecule has 0 unspecified atom stereocenters. The number of aromatic nitrogens is 4. The lowest BCUT2D eigenvalue weighted by Crippen LogP contribution is -2.36. The number of nitrogens with one attached hydrogen (secondary N) is 2. The average Bonchev–Trinajstić information content (AvgIpc) is 3.05. The van der Waals surface area contributed by atoms with Crippen LogP contribution in [0.15, 0.2) is 17.3 Å². The van der Waals surface area contributed by atoms with Gasteiger partial charge >= 0.3 is 6.03 Å². The first-order valence-electron chi connectivity index (χ1n) is 9.42. The standard InChI is InChI=1S/C17H30N6OS/c24-16-18-12-8-6-4-2-1-3-5-7-11-15-25-17-20-21-22-23(17)14-10-9-13-19-16/h1-2H,3-15H2,(H2,18,19,24)/b2-1-. The Morgan fingerprint density at radius 2 is 1.64 bits per heavy atom. The summed E-state index contributed by atoms with van der Waals surface area (Å²) in [6.45, 7) is 2.22. The maximum atomic E-state index is 11.7. The van der Waals surface area contributed by atoms with E-state index in [4.69, 9.17) is 0 Å². The number of carbonyl (C=O) groups excluding carboxylic acids is 1. The number of thioether (sulfide) groups is 1. The summed E-state index contributed by atoms with van der Waals surface area (Å²) in [5.41, 5.74) is 0. The van der Waals surface area contributed by atoms with Crippen LogP contribution in [0.3, 0.4) is 0 Å². The number of urea groups is 1. The lowest BCUT2D eigenvalue weighted by molar-refractivity contribution is 0.240. The molecule has 1 aromatic heterocycles. The van der Waals surface area contributed by atoms with E-state index in [1.54, 1.807) is 11.8 Å². The third-order valence-corrected chi connectivity index (χ3v) is 5.12. The number of amides is 2. The van der Waals surface area contributed by atoms with Crippen LogP contribution in [-0.2, 0) is 6.54 Å². The number of hydrogen-bond acceptors (Lipinski definition) is 5. The number of tetrazole rings is 1. The molecule has 0 radical (unpaired) electrons. The quantitative estimate of drug-likeness (QED) is 0.689. The minimum atomic E-state index is -0.0694. The molecule has 0 saturated heterocycles. The summed E-state index contributed by atoms with van der Waals surface area (Å²) in [7, 11) is 0. The summed E-state index contributed by atoms with van der Waals surface area (Å²) in [6.07, 6.45) is 14.5. The van der Waals surface area contributed by atoms with Crippen molar-refractivity contribution in [2.75, 3.05) is 18.8 Å². The van der Waals surface area contributed by atoms with Crippen LogP contribution in [0.1, 0.15) is 57.8 Å². The molecule has 1 aliphatic rings. The van der Waals surface area contributed by atoms with Crippen molar-refractivity contribution < 1.29 is 4.79 Å². The highest BCUT2D eigenvalue weighted by atomic mass is 32.2. The maximum Gasteiger partial charge on any atom is 0.314 e. The second-order valence-corrected chi connectivity index (χ2v) is 7.30. The summed E-state index contributed by atoms with van der Waals surface area (Å²) < 4.78 is 1.87. The zero-order valence-corrected chi connectivity index (χ0v) is 15.8. The fourth-order valence-corrected chi connectivity index (χ4v) is 3.52. The first-order chi connectivity index (χ1) is 12.4. The number of allylic oxidation sites excluding steroid dienone is 2. The van der Waals surface area contributed by atoms with E-state index in [0.29, 0.717) is 6.54 Å². The molecule has 140 valence electrons. The predicted octanol–water partition coefficient (Wildman–Crippen LogP) is 3.15. The molecule has 2 rings (SSSR count). The van der Waals surface area contributed by atoms with Gasteiger partial charge in [0, 0.05) is 25.4 Å². The van der Waals surface area contributed by atoms with Gasteiger partial charge in [-0.25, -0.2) is 9.48 Å². The van der Waals surface area contributed by atoms with Crippen LogP contribution in [0.25, 0.3) is 0 Å². The Bertz CT molecular complexity index is 519. The van der Waals surface area contributed by atoms with Crippen LogP contribution in [0.5, 0.6) is 0 Å². The molecular formula is C17H30N6OS. The van der Waals surface area contributed by atoms with Crippen molar-refractivity contribution >= 4 is 17.8 Å². The van der Waals surface area contributed by atoms with E-state index in [-0.39, 0.29) is 6.03 Å². The van der Waals surface area contributed by atoms with Gasteiger partial charge in [0.2, 0.25) is 5.16 Å². The van der Waals surface area contributed by atoms with E-state index in [0.717, 1.165) is 62.5 Å². The van der Waals surface area contributed by atoms with Crippen molar-refractivity contribution in [2.24, 2.45) is 0 Å². The van der Waals surface area contributed by atoms with Crippen molar-refractivity contribution in [1.82, 2.24) is 30.8 Å². The first kappa shape index (κ1) is 19.8. The molecular weight excluding hydrogens is 336 g/mol. The van der Waals surface area contributed by atoms with Gasteiger partial charge < -0.3 is 10.6 Å². The van der Waals surface area contributed by atoms with Crippen molar-refractivity contribution in [3.05, 3.63) is 12.2 Å². The molecule has 0 fully saturated rings. The Labute approximate surface area is 154 Å². The smallest absolute Gasteiger partial charge is 0.314 e. The minimum Gasteiger partial charge on any atom is -0.338 e.